The molecule has 1 aromatic carbocycles. The Morgan fingerprint density at radius 2 is 1.90 bits per heavy atom. The zero-order valence-corrected chi connectivity index (χ0v) is 12.1. The van der Waals surface area contributed by atoms with Crippen molar-refractivity contribution in [1.29, 1.82) is 0 Å². The first kappa shape index (κ1) is 15.7. The van der Waals surface area contributed by atoms with Crippen molar-refractivity contribution in [2.24, 2.45) is 5.41 Å². The van der Waals surface area contributed by atoms with Crippen LogP contribution in [-0.2, 0) is 14.6 Å². The Kier molecular flexibility index (Phi) is 3.92. The van der Waals surface area contributed by atoms with E-state index in [-0.39, 0.29) is 0 Å². The minimum atomic E-state index is -4.60. The highest BCUT2D eigenvalue weighted by atomic mass is 32.2. The molecule has 1 aliphatic rings. The second-order valence-electron chi connectivity index (χ2n) is 5.34. The van der Waals surface area contributed by atoms with Crippen molar-refractivity contribution in [1.82, 2.24) is 0 Å². The summed E-state index contributed by atoms with van der Waals surface area (Å²) in [7, 11) is -4.60. The maximum Gasteiger partial charge on any atom is 0.341 e. The van der Waals surface area contributed by atoms with Gasteiger partial charge in [-0.2, -0.15) is 8.78 Å². The summed E-state index contributed by atoms with van der Waals surface area (Å²) in [4.78, 5) is 12.5. The fourth-order valence-electron chi connectivity index (χ4n) is 2.31. The van der Waals surface area contributed by atoms with E-state index in [0.717, 1.165) is 12.1 Å². The first-order valence-electron chi connectivity index (χ1n) is 6.27. The van der Waals surface area contributed by atoms with E-state index in [0.29, 0.717) is 25.2 Å². The van der Waals surface area contributed by atoms with Crippen LogP contribution in [-0.4, -0.2) is 38.3 Å². The molecule has 0 aliphatic carbocycles. The summed E-state index contributed by atoms with van der Waals surface area (Å²) in [5, 5.41) is 9.16. The van der Waals surface area contributed by atoms with Gasteiger partial charge in [0.25, 0.3) is 0 Å². The molecular weight excluding hydrogens is 304 g/mol. The van der Waals surface area contributed by atoms with Gasteiger partial charge in [-0.3, -0.25) is 4.79 Å². The lowest BCUT2D eigenvalue weighted by Crippen LogP contribution is -2.31. The summed E-state index contributed by atoms with van der Waals surface area (Å²) in [6, 6.07) is 5.08. The molecule has 1 N–H and O–H groups in total. The molecule has 1 aliphatic heterocycles. The summed E-state index contributed by atoms with van der Waals surface area (Å²) >= 11 is 0. The van der Waals surface area contributed by atoms with Crippen molar-refractivity contribution in [2.45, 2.75) is 24.0 Å². The molecule has 1 saturated heterocycles. The number of aliphatic carboxylic acids is 1. The summed E-state index contributed by atoms with van der Waals surface area (Å²) in [5.74, 6) is -4.34. The van der Waals surface area contributed by atoms with Crippen LogP contribution in [0.3, 0.4) is 0 Å². The minimum absolute atomic E-state index is 0.295. The average molecular weight is 319 g/mol. The van der Waals surface area contributed by atoms with E-state index in [4.69, 9.17) is 5.11 Å². The SMILES string of the molecule is CC1(C(=O)O)CCN(c2ccc(S(=O)(=O)C(F)F)cc2)C1. The quantitative estimate of drug-likeness (QED) is 0.918. The van der Waals surface area contributed by atoms with Gasteiger partial charge in [-0.05, 0) is 37.6 Å². The molecule has 0 amide bonds. The van der Waals surface area contributed by atoms with Crippen LogP contribution in [0.5, 0.6) is 0 Å². The van der Waals surface area contributed by atoms with Gasteiger partial charge in [-0.15, -0.1) is 0 Å². The minimum Gasteiger partial charge on any atom is -0.481 e. The first-order valence-corrected chi connectivity index (χ1v) is 7.82. The van der Waals surface area contributed by atoms with E-state index in [1.165, 1.54) is 12.1 Å². The van der Waals surface area contributed by atoms with Crippen molar-refractivity contribution in [3.63, 3.8) is 0 Å². The Morgan fingerprint density at radius 1 is 1.33 bits per heavy atom. The van der Waals surface area contributed by atoms with Crippen molar-refractivity contribution in [3.8, 4) is 0 Å². The Balaban J connectivity index is 2.20. The summed E-state index contributed by atoms with van der Waals surface area (Å²) in [6.07, 6.45) is 0.472. The van der Waals surface area contributed by atoms with Gasteiger partial charge in [0.1, 0.15) is 0 Å². The van der Waals surface area contributed by atoms with Crippen LogP contribution >= 0.6 is 0 Å². The Bertz CT molecular complexity index is 645. The summed E-state index contributed by atoms with van der Waals surface area (Å²) < 4.78 is 47.5. The number of nitrogens with zero attached hydrogens (tertiary/aromatic N) is 1. The molecule has 5 nitrogen and oxygen atoms in total. The Hall–Kier alpha value is -1.70. The van der Waals surface area contributed by atoms with Gasteiger partial charge in [-0.25, -0.2) is 8.42 Å². The van der Waals surface area contributed by atoms with Gasteiger partial charge in [-0.1, -0.05) is 0 Å². The predicted molar refractivity (Wildman–Crippen MR) is 72.2 cm³/mol. The molecule has 1 unspecified atom stereocenters. The second kappa shape index (κ2) is 5.25. The second-order valence-corrected chi connectivity index (χ2v) is 7.25. The number of rotatable bonds is 4. The molecule has 0 radical (unpaired) electrons. The highest BCUT2D eigenvalue weighted by Gasteiger charge is 2.40. The largest absolute Gasteiger partial charge is 0.481 e. The van der Waals surface area contributed by atoms with Crippen molar-refractivity contribution < 1.29 is 27.1 Å². The molecule has 0 saturated carbocycles. The fourth-order valence-corrected chi connectivity index (χ4v) is 3.03. The lowest BCUT2D eigenvalue weighted by Gasteiger charge is -2.22. The average Bonchev–Trinajstić information content (AvgIpc) is 2.83. The van der Waals surface area contributed by atoms with Crippen LogP contribution in [0.4, 0.5) is 14.5 Å². The third-order valence-corrected chi connectivity index (χ3v) is 5.15. The Labute approximate surface area is 121 Å². The van der Waals surface area contributed by atoms with E-state index in [1.54, 1.807) is 11.8 Å². The molecule has 2 rings (SSSR count). The van der Waals surface area contributed by atoms with Gasteiger partial charge >= 0.3 is 11.7 Å². The van der Waals surface area contributed by atoms with Crippen LogP contribution in [0.15, 0.2) is 29.2 Å². The van der Waals surface area contributed by atoms with Crippen LogP contribution in [0.1, 0.15) is 13.3 Å². The first-order chi connectivity index (χ1) is 9.67. The number of alkyl halides is 2. The molecule has 1 fully saturated rings. The summed E-state index contributed by atoms with van der Waals surface area (Å²) in [6.45, 7) is 2.46. The van der Waals surface area contributed by atoms with Crippen LogP contribution in [0.2, 0.25) is 0 Å². The highest BCUT2D eigenvalue weighted by Crippen LogP contribution is 2.34. The van der Waals surface area contributed by atoms with Gasteiger partial charge in [0.2, 0.25) is 9.84 Å². The van der Waals surface area contributed by atoms with Gasteiger partial charge in [0.05, 0.1) is 10.3 Å². The van der Waals surface area contributed by atoms with Crippen LogP contribution in [0, 0.1) is 5.41 Å². The maximum absolute atomic E-state index is 12.4. The topological polar surface area (TPSA) is 74.7 Å². The lowest BCUT2D eigenvalue weighted by molar-refractivity contribution is -0.146. The molecule has 116 valence electrons. The lowest BCUT2D eigenvalue weighted by atomic mass is 9.90. The number of carbonyl (C=O) groups is 1. The van der Waals surface area contributed by atoms with Crippen molar-refractivity contribution in [3.05, 3.63) is 24.3 Å². The van der Waals surface area contributed by atoms with Gasteiger partial charge < -0.3 is 10.0 Å². The number of hydrogen-bond acceptors (Lipinski definition) is 4. The number of sulfone groups is 1. The van der Waals surface area contributed by atoms with E-state index in [9.17, 15) is 22.0 Å². The molecule has 1 atom stereocenters. The number of carboxylic acids is 1. The molecule has 8 heteroatoms. The smallest absolute Gasteiger partial charge is 0.341 e. The molecule has 1 heterocycles. The third kappa shape index (κ3) is 2.85. The number of carboxylic acid groups (broad SMARTS) is 1. The van der Waals surface area contributed by atoms with Crippen LogP contribution < -0.4 is 4.90 Å². The molecule has 0 spiro atoms. The van der Waals surface area contributed by atoms with E-state index >= 15 is 0 Å². The maximum atomic E-state index is 12.4. The van der Waals surface area contributed by atoms with Crippen LogP contribution in [0.25, 0.3) is 0 Å². The standard InChI is InChI=1S/C13H15F2NO4S/c1-13(11(17)18)6-7-16(8-13)9-2-4-10(5-3-9)21(19,20)12(14)15/h2-5,12H,6-8H2,1H3,(H,17,18). The van der Waals surface area contributed by atoms with Gasteiger partial charge in [0, 0.05) is 18.8 Å². The number of benzene rings is 1. The molecule has 21 heavy (non-hydrogen) atoms. The van der Waals surface area contributed by atoms with E-state index < -0.39 is 31.9 Å². The zero-order chi connectivity index (χ0) is 15.8. The normalized spacial score (nSPS) is 22.8. The van der Waals surface area contributed by atoms with Gasteiger partial charge in [0.15, 0.2) is 0 Å². The number of hydrogen-bond donors (Lipinski definition) is 1. The van der Waals surface area contributed by atoms with E-state index in [2.05, 4.69) is 0 Å². The molecular formula is C13H15F2NO4S. The molecule has 0 aromatic heterocycles. The number of halogens is 2. The van der Waals surface area contributed by atoms with E-state index in [1.807, 2.05) is 0 Å². The predicted octanol–water partition coefficient (Wildman–Crippen LogP) is 1.98. The molecule has 0 bridgehead atoms. The highest BCUT2D eigenvalue weighted by molar-refractivity contribution is 7.91. The fraction of sp³-hybridized carbons (Fsp3) is 0.462. The zero-order valence-electron chi connectivity index (χ0n) is 11.3. The molecule has 1 aromatic rings. The number of anilines is 1. The van der Waals surface area contributed by atoms with Crippen molar-refractivity contribution >= 4 is 21.5 Å². The Morgan fingerprint density at radius 3 is 2.33 bits per heavy atom. The summed E-state index contributed by atoms with van der Waals surface area (Å²) in [5.41, 5.74) is -0.235. The monoisotopic (exact) mass is 319 g/mol. The third-order valence-electron chi connectivity index (χ3n) is 3.75. The van der Waals surface area contributed by atoms with Crippen molar-refractivity contribution in [2.75, 3.05) is 18.0 Å².